The van der Waals surface area contributed by atoms with Gasteiger partial charge in [0.05, 0.1) is 26.5 Å². The van der Waals surface area contributed by atoms with Crippen LogP contribution in [0.2, 0.25) is 0 Å². The number of rotatable bonds is 7. The van der Waals surface area contributed by atoms with E-state index >= 15 is 0 Å². The third-order valence-corrected chi connectivity index (χ3v) is 5.19. The van der Waals surface area contributed by atoms with E-state index in [9.17, 15) is 4.79 Å². The lowest BCUT2D eigenvalue weighted by atomic mass is 10.1. The molecular weight excluding hydrogens is 404 g/mol. The number of carbonyl (C=O) groups is 1. The van der Waals surface area contributed by atoms with Crippen molar-refractivity contribution in [3.05, 3.63) is 53.6 Å². The van der Waals surface area contributed by atoms with Crippen molar-refractivity contribution in [3.8, 4) is 28.5 Å². The van der Waals surface area contributed by atoms with Crippen molar-refractivity contribution in [2.75, 3.05) is 26.1 Å². The molecule has 0 bridgehead atoms. The number of aromatic nitrogens is 1. The molecule has 0 saturated heterocycles. The van der Waals surface area contributed by atoms with Crippen LogP contribution < -0.4 is 19.5 Å². The standard InChI is InChI=1S/C22H20N2O5S/c1-4-28-17-7-5-6-14-11-19(29-20(14)17)21(25)24-22-23-15(12-30-22)13-8-9-16(26-2)18(10-13)27-3/h5-12H,4H2,1-3H3,(H,23,24,25). The maximum Gasteiger partial charge on any atom is 0.293 e. The molecule has 8 heteroatoms. The number of para-hydroxylation sites is 1. The maximum atomic E-state index is 12.7. The lowest BCUT2D eigenvalue weighted by Crippen LogP contribution is -2.10. The first-order valence-corrected chi connectivity index (χ1v) is 10.2. The van der Waals surface area contributed by atoms with E-state index in [-0.39, 0.29) is 11.7 Å². The van der Waals surface area contributed by atoms with Crippen molar-refractivity contribution in [2.45, 2.75) is 6.92 Å². The van der Waals surface area contributed by atoms with E-state index in [4.69, 9.17) is 18.6 Å². The summed E-state index contributed by atoms with van der Waals surface area (Å²) < 4.78 is 21.9. The number of hydrogen-bond donors (Lipinski definition) is 1. The van der Waals surface area contributed by atoms with Crippen LogP contribution in [0.5, 0.6) is 17.2 Å². The average molecular weight is 424 g/mol. The van der Waals surface area contributed by atoms with Crippen molar-refractivity contribution in [2.24, 2.45) is 0 Å². The second-order valence-electron chi connectivity index (χ2n) is 6.28. The molecule has 2 heterocycles. The summed E-state index contributed by atoms with van der Waals surface area (Å²) in [5, 5.41) is 5.92. The molecule has 0 aliphatic carbocycles. The van der Waals surface area contributed by atoms with Crippen molar-refractivity contribution in [1.82, 2.24) is 4.98 Å². The Morgan fingerprint density at radius 3 is 2.70 bits per heavy atom. The topological polar surface area (TPSA) is 82.8 Å². The Labute approximate surface area is 177 Å². The van der Waals surface area contributed by atoms with E-state index < -0.39 is 0 Å². The quantitative estimate of drug-likeness (QED) is 0.438. The van der Waals surface area contributed by atoms with Crippen molar-refractivity contribution in [3.63, 3.8) is 0 Å². The molecule has 0 saturated carbocycles. The molecule has 2 aromatic heterocycles. The van der Waals surface area contributed by atoms with Gasteiger partial charge in [0.2, 0.25) is 0 Å². The molecule has 154 valence electrons. The first-order valence-electron chi connectivity index (χ1n) is 9.27. The number of ether oxygens (including phenoxy) is 3. The van der Waals surface area contributed by atoms with Gasteiger partial charge in [-0.25, -0.2) is 4.98 Å². The largest absolute Gasteiger partial charge is 0.493 e. The lowest BCUT2D eigenvalue weighted by molar-refractivity contribution is 0.0998. The van der Waals surface area contributed by atoms with E-state index in [0.717, 1.165) is 16.6 Å². The molecule has 1 amide bonds. The molecule has 0 aliphatic heterocycles. The minimum Gasteiger partial charge on any atom is -0.493 e. The van der Waals surface area contributed by atoms with Gasteiger partial charge < -0.3 is 18.6 Å². The van der Waals surface area contributed by atoms with Gasteiger partial charge in [0.25, 0.3) is 5.91 Å². The van der Waals surface area contributed by atoms with Crippen LogP contribution >= 0.6 is 11.3 Å². The van der Waals surface area contributed by atoms with Gasteiger partial charge in [-0.15, -0.1) is 11.3 Å². The van der Waals surface area contributed by atoms with Crippen LogP contribution in [0.25, 0.3) is 22.2 Å². The molecule has 7 nitrogen and oxygen atoms in total. The minimum absolute atomic E-state index is 0.194. The van der Waals surface area contributed by atoms with Crippen LogP contribution in [0.1, 0.15) is 17.5 Å². The summed E-state index contributed by atoms with van der Waals surface area (Å²) in [6, 6.07) is 12.8. The number of nitrogens with zero attached hydrogens (tertiary/aromatic N) is 1. The van der Waals surface area contributed by atoms with Crippen LogP contribution in [0.15, 0.2) is 52.3 Å². The fourth-order valence-corrected chi connectivity index (χ4v) is 3.75. The first kappa shape index (κ1) is 19.8. The fraction of sp³-hybridized carbons (Fsp3) is 0.182. The summed E-state index contributed by atoms with van der Waals surface area (Å²) in [4.78, 5) is 17.2. The van der Waals surface area contributed by atoms with Crippen LogP contribution in [0, 0.1) is 0 Å². The monoisotopic (exact) mass is 424 g/mol. The Hall–Kier alpha value is -3.52. The Bertz CT molecular complexity index is 1200. The van der Waals surface area contributed by atoms with Gasteiger partial charge in [0.15, 0.2) is 33.7 Å². The zero-order valence-corrected chi connectivity index (χ0v) is 17.5. The number of nitrogens with one attached hydrogen (secondary N) is 1. The molecule has 0 atom stereocenters. The minimum atomic E-state index is -0.373. The van der Waals surface area contributed by atoms with Gasteiger partial charge in [0.1, 0.15) is 0 Å². The molecule has 2 aromatic carbocycles. The Morgan fingerprint density at radius 1 is 1.10 bits per heavy atom. The number of furan rings is 1. The fourth-order valence-electron chi connectivity index (χ4n) is 3.04. The molecule has 30 heavy (non-hydrogen) atoms. The highest BCUT2D eigenvalue weighted by molar-refractivity contribution is 7.14. The number of amides is 1. The summed E-state index contributed by atoms with van der Waals surface area (Å²) in [5.41, 5.74) is 2.13. The van der Waals surface area contributed by atoms with Gasteiger partial charge in [-0.05, 0) is 37.3 Å². The van der Waals surface area contributed by atoms with Crippen LogP contribution in [0.3, 0.4) is 0 Å². The molecule has 0 unspecified atom stereocenters. The highest BCUT2D eigenvalue weighted by Gasteiger charge is 2.17. The van der Waals surface area contributed by atoms with Crippen LogP contribution in [-0.4, -0.2) is 31.7 Å². The molecule has 0 spiro atoms. The van der Waals surface area contributed by atoms with Crippen LogP contribution in [0.4, 0.5) is 5.13 Å². The number of anilines is 1. The lowest BCUT2D eigenvalue weighted by Gasteiger charge is -2.08. The number of fused-ring (bicyclic) bond motifs is 1. The molecule has 4 aromatic rings. The highest BCUT2D eigenvalue weighted by Crippen LogP contribution is 2.34. The van der Waals surface area contributed by atoms with Crippen molar-refractivity contribution < 1.29 is 23.4 Å². The van der Waals surface area contributed by atoms with E-state index in [1.807, 2.05) is 48.7 Å². The molecule has 0 radical (unpaired) electrons. The van der Waals surface area contributed by atoms with Gasteiger partial charge in [-0.2, -0.15) is 0 Å². The second kappa shape index (κ2) is 8.46. The third-order valence-electron chi connectivity index (χ3n) is 4.44. The second-order valence-corrected chi connectivity index (χ2v) is 7.14. The molecule has 0 aliphatic rings. The molecule has 1 N–H and O–H groups in total. The van der Waals surface area contributed by atoms with Crippen molar-refractivity contribution >= 4 is 33.3 Å². The zero-order valence-electron chi connectivity index (χ0n) is 16.7. The van der Waals surface area contributed by atoms with E-state index in [1.54, 1.807) is 20.3 Å². The van der Waals surface area contributed by atoms with Crippen LogP contribution in [-0.2, 0) is 0 Å². The van der Waals surface area contributed by atoms with Gasteiger partial charge in [-0.1, -0.05) is 12.1 Å². The normalized spacial score (nSPS) is 10.8. The summed E-state index contributed by atoms with van der Waals surface area (Å²) >= 11 is 1.33. The smallest absolute Gasteiger partial charge is 0.293 e. The zero-order chi connectivity index (χ0) is 21.1. The molecular formula is C22H20N2O5S. The number of hydrogen-bond acceptors (Lipinski definition) is 7. The van der Waals surface area contributed by atoms with Gasteiger partial charge in [0, 0.05) is 16.3 Å². The number of carbonyl (C=O) groups excluding carboxylic acids is 1. The summed E-state index contributed by atoms with van der Waals surface area (Å²) in [7, 11) is 3.17. The number of methoxy groups -OCH3 is 2. The Balaban J connectivity index is 1.55. The molecule has 0 fully saturated rings. The van der Waals surface area contributed by atoms with Gasteiger partial charge in [-0.3, -0.25) is 10.1 Å². The summed E-state index contributed by atoms with van der Waals surface area (Å²) in [6.45, 7) is 2.41. The Morgan fingerprint density at radius 2 is 1.93 bits per heavy atom. The predicted octanol–water partition coefficient (Wildman–Crippen LogP) is 5.22. The average Bonchev–Trinajstić information content (AvgIpc) is 3.41. The highest BCUT2D eigenvalue weighted by atomic mass is 32.1. The van der Waals surface area contributed by atoms with E-state index in [2.05, 4.69) is 10.3 Å². The van der Waals surface area contributed by atoms with E-state index in [0.29, 0.717) is 34.6 Å². The predicted molar refractivity (Wildman–Crippen MR) is 116 cm³/mol. The summed E-state index contributed by atoms with van der Waals surface area (Å²) in [5.74, 6) is 1.68. The third kappa shape index (κ3) is 3.81. The van der Waals surface area contributed by atoms with Crippen molar-refractivity contribution in [1.29, 1.82) is 0 Å². The SMILES string of the molecule is CCOc1cccc2cc(C(=O)Nc3nc(-c4ccc(OC)c(OC)c4)cs3)oc12. The number of thiazole rings is 1. The van der Waals surface area contributed by atoms with Gasteiger partial charge >= 0.3 is 0 Å². The molecule has 4 rings (SSSR count). The number of benzene rings is 2. The first-order chi connectivity index (χ1) is 14.6. The van der Waals surface area contributed by atoms with E-state index in [1.165, 1.54) is 11.3 Å². The maximum absolute atomic E-state index is 12.7. The summed E-state index contributed by atoms with van der Waals surface area (Å²) in [6.07, 6.45) is 0. The Kier molecular flexibility index (Phi) is 5.58.